The molecule has 3 heterocycles. The van der Waals surface area contributed by atoms with Gasteiger partial charge in [0.05, 0.1) is 12.1 Å². The third kappa shape index (κ3) is 1.33. The van der Waals surface area contributed by atoms with Gasteiger partial charge in [-0.2, -0.15) is 0 Å². The summed E-state index contributed by atoms with van der Waals surface area (Å²) >= 11 is 3.41. The Hall–Kier alpha value is -1.10. The Kier molecular flexibility index (Phi) is 2.12. The predicted octanol–water partition coefficient (Wildman–Crippen LogP) is 1.59. The van der Waals surface area contributed by atoms with E-state index in [0.717, 1.165) is 22.4 Å². The van der Waals surface area contributed by atoms with E-state index in [-0.39, 0.29) is 12.0 Å². The Morgan fingerprint density at radius 3 is 3.33 bits per heavy atom. The Labute approximate surface area is 95.4 Å². The lowest BCUT2D eigenvalue weighted by molar-refractivity contribution is 0.0667. The van der Waals surface area contributed by atoms with Crippen LogP contribution in [0.1, 0.15) is 5.56 Å². The standard InChI is InChI=1S/C10H9BrN2O2/c11-3-8-7-5-14-9-4-12-2-1-6(9)10(7)13-15-8/h1-2,4,7-8H,3,5H2. The molecule has 0 saturated heterocycles. The van der Waals surface area contributed by atoms with Crippen molar-refractivity contribution in [2.24, 2.45) is 11.1 Å². The third-order valence-corrected chi connectivity index (χ3v) is 3.36. The normalized spacial score (nSPS) is 27.1. The number of halogens is 1. The molecule has 0 spiro atoms. The van der Waals surface area contributed by atoms with Gasteiger partial charge in [-0.05, 0) is 6.07 Å². The highest BCUT2D eigenvalue weighted by Crippen LogP contribution is 2.33. The van der Waals surface area contributed by atoms with Crippen LogP contribution in [0.3, 0.4) is 0 Å². The first kappa shape index (κ1) is 9.15. The molecule has 4 nitrogen and oxygen atoms in total. The van der Waals surface area contributed by atoms with E-state index in [0.29, 0.717) is 6.61 Å². The van der Waals surface area contributed by atoms with Crippen LogP contribution in [-0.4, -0.2) is 28.7 Å². The van der Waals surface area contributed by atoms with Crippen LogP contribution in [0.25, 0.3) is 0 Å². The molecule has 0 radical (unpaired) electrons. The molecule has 1 aromatic heterocycles. The van der Waals surface area contributed by atoms with Gasteiger partial charge in [-0.25, -0.2) is 0 Å². The summed E-state index contributed by atoms with van der Waals surface area (Å²) in [7, 11) is 0. The molecule has 0 bridgehead atoms. The number of pyridine rings is 1. The predicted molar refractivity (Wildman–Crippen MR) is 58.4 cm³/mol. The molecule has 5 heteroatoms. The molecule has 15 heavy (non-hydrogen) atoms. The zero-order valence-corrected chi connectivity index (χ0v) is 9.48. The molecule has 2 aliphatic heterocycles. The highest BCUT2D eigenvalue weighted by atomic mass is 79.9. The van der Waals surface area contributed by atoms with Crippen LogP contribution in [0.4, 0.5) is 0 Å². The maximum absolute atomic E-state index is 5.63. The molecule has 0 fully saturated rings. The minimum absolute atomic E-state index is 0.0846. The van der Waals surface area contributed by atoms with Crippen LogP contribution >= 0.6 is 15.9 Å². The van der Waals surface area contributed by atoms with Gasteiger partial charge in [0.2, 0.25) is 0 Å². The lowest BCUT2D eigenvalue weighted by Crippen LogP contribution is -2.34. The number of rotatable bonds is 1. The molecule has 0 aliphatic carbocycles. The van der Waals surface area contributed by atoms with Crippen molar-refractivity contribution in [2.75, 3.05) is 11.9 Å². The zero-order chi connectivity index (χ0) is 10.3. The average Bonchev–Trinajstić information content (AvgIpc) is 2.72. The fourth-order valence-corrected chi connectivity index (χ4v) is 2.47. The van der Waals surface area contributed by atoms with E-state index >= 15 is 0 Å². The molecule has 1 aromatic rings. The van der Waals surface area contributed by atoms with Gasteiger partial charge in [0.15, 0.2) is 0 Å². The van der Waals surface area contributed by atoms with Crippen molar-refractivity contribution < 1.29 is 9.57 Å². The molecule has 0 saturated carbocycles. The minimum atomic E-state index is 0.0846. The number of nitrogens with zero attached hydrogens (tertiary/aromatic N) is 2. The maximum Gasteiger partial charge on any atom is 0.148 e. The summed E-state index contributed by atoms with van der Waals surface area (Å²) in [6.45, 7) is 0.619. The Balaban J connectivity index is 2.02. The fourth-order valence-electron chi connectivity index (χ4n) is 1.90. The van der Waals surface area contributed by atoms with Gasteiger partial charge in [0.1, 0.15) is 24.2 Å². The molecule has 2 aliphatic rings. The van der Waals surface area contributed by atoms with E-state index in [9.17, 15) is 0 Å². The number of hydrogen-bond donors (Lipinski definition) is 0. The summed E-state index contributed by atoms with van der Waals surface area (Å²) in [5.74, 6) is 1.03. The van der Waals surface area contributed by atoms with Crippen molar-refractivity contribution >= 4 is 21.6 Å². The summed E-state index contributed by atoms with van der Waals surface area (Å²) in [6.07, 6.45) is 3.55. The highest BCUT2D eigenvalue weighted by Gasteiger charge is 2.39. The monoisotopic (exact) mass is 268 g/mol. The molecule has 0 aromatic carbocycles. The molecule has 0 N–H and O–H groups in total. The topological polar surface area (TPSA) is 43.7 Å². The van der Waals surface area contributed by atoms with Gasteiger partial charge in [-0.15, -0.1) is 0 Å². The second kappa shape index (κ2) is 3.48. The molecule has 3 rings (SSSR count). The van der Waals surface area contributed by atoms with E-state index in [2.05, 4.69) is 26.1 Å². The van der Waals surface area contributed by atoms with E-state index in [1.54, 1.807) is 12.4 Å². The molecule has 78 valence electrons. The summed E-state index contributed by atoms with van der Waals surface area (Å²) < 4.78 is 5.63. The van der Waals surface area contributed by atoms with Gasteiger partial charge in [-0.1, -0.05) is 21.1 Å². The van der Waals surface area contributed by atoms with Gasteiger partial charge in [0, 0.05) is 17.1 Å². The quantitative estimate of drug-likeness (QED) is 0.727. The van der Waals surface area contributed by atoms with E-state index in [1.807, 2.05) is 6.07 Å². The van der Waals surface area contributed by atoms with E-state index in [1.165, 1.54) is 0 Å². The van der Waals surface area contributed by atoms with Crippen LogP contribution < -0.4 is 4.74 Å². The Bertz CT molecular complexity index is 422. The smallest absolute Gasteiger partial charge is 0.148 e. The van der Waals surface area contributed by atoms with Gasteiger partial charge in [0.25, 0.3) is 0 Å². The Morgan fingerprint density at radius 1 is 1.53 bits per heavy atom. The SMILES string of the molecule is BrCC1ON=C2c3ccncc3OCC21. The summed E-state index contributed by atoms with van der Waals surface area (Å²) in [5.41, 5.74) is 1.99. The van der Waals surface area contributed by atoms with Crippen molar-refractivity contribution in [1.29, 1.82) is 0 Å². The number of oxime groups is 1. The lowest BCUT2D eigenvalue weighted by atomic mass is 9.92. The summed E-state index contributed by atoms with van der Waals surface area (Å²) in [4.78, 5) is 9.37. The maximum atomic E-state index is 5.63. The first-order chi connectivity index (χ1) is 7.40. The van der Waals surface area contributed by atoms with Crippen LogP contribution in [0, 0.1) is 5.92 Å². The van der Waals surface area contributed by atoms with E-state index < -0.39 is 0 Å². The second-order valence-electron chi connectivity index (χ2n) is 3.56. The van der Waals surface area contributed by atoms with Crippen LogP contribution in [-0.2, 0) is 4.84 Å². The second-order valence-corrected chi connectivity index (χ2v) is 4.21. The molecular formula is C10H9BrN2O2. The van der Waals surface area contributed by atoms with Crippen molar-refractivity contribution in [3.63, 3.8) is 0 Å². The fraction of sp³-hybridized carbons (Fsp3) is 0.400. The average molecular weight is 269 g/mol. The number of fused-ring (bicyclic) bond motifs is 3. The van der Waals surface area contributed by atoms with Crippen molar-refractivity contribution in [2.45, 2.75) is 6.10 Å². The first-order valence-electron chi connectivity index (χ1n) is 4.77. The molecule has 2 unspecified atom stereocenters. The minimum Gasteiger partial charge on any atom is -0.490 e. The van der Waals surface area contributed by atoms with Crippen molar-refractivity contribution in [3.8, 4) is 5.75 Å². The summed E-state index contributed by atoms with van der Waals surface area (Å²) in [6, 6.07) is 1.92. The number of hydrogen-bond acceptors (Lipinski definition) is 4. The molecule has 2 atom stereocenters. The largest absolute Gasteiger partial charge is 0.490 e. The van der Waals surface area contributed by atoms with Crippen molar-refractivity contribution in [1.82, 2.24) is 4.98 Å². The molecule has 0 amide bonds. The van der Waals surface area contributed by atoms with Crippen LogP contribution in [0.5, 0.6) is 5.75 Å². The first-order valence-corrected chi connectivity index (χ1v) is 5.89. The van der Waals surface area contributed by atoms with Crippen LogP contribution in [0.15, 0.2) is 23.6 Å². The van der Waals surface area contributed by atoms with Gasteiger partial charge < -0.3 is 9.57 Å². The Morgan fingerprint density at radius 2 is 2.47 bits per heavy atom. The summed E-state index contributed by atoms with van der Waals surface area (Å²) in [5, 5.41) is 4.90. The highest BCUT2D eigenvalue weighted by molar-refractivity contribution is 9.09. The van der Waals surface area contributed by atoms with Crippen molar-refractivity contribution in [3.05, 3.63) is 24.0 Å². The lowest BCUT2D eigenvalue weighted by Gasteiger charge is -2.23. The van der Waals surface area contributed by atoms with Gasteiger partial charge >= 0.3 is 0 Å². The number of alkyl halides is 1. The van der Waals surface area contributed by atoms with Gasteiger partial charge in [-0.3, -0.25) is 4.98 Å². The third-order valence-electron chi connectivity index (χ3n) is 2.72. The molecular weight excluding hydrogens is 260 g/mol. The van der Waals surface area contributed by atoms with E-state index in [4.69, 9.17) is 9.57 Å². The number of ether oxygens (including phenoxy) is 1. The zero-order valence-electron chi connectivity index (χ0n) is 7.89. The van der Waals surface area contributed by atoms with Crippen LogP contribution in [0.2, 0.25) is 0 Å². The number of aromatic nitrogens is 1.